The highest BCUT2D eigenvalue weighted by Gasteiger charge is 2.12. The number of hydrogen-bond acceptors (Lipinski definition) is 4. The summed E-state index contributed by atoms with van der Waals surface area (Å²) < 4.78 is 10.7. The van der Waals surface area contributed by atoms with Gasteiger partial charge in [-0.05, 0) is 23.3 Å². The molecule has 1 saturated heterocycles. The lowest BCUT2D eigenvalue weighted by molar-refractivity contribution is 0.0472. The van der Waals surface area contributed by atoms with Gasteiger partial charge in [0.2, 0.25) is 0 Å². The first-order valence-corrected chi connectivity index (χ1v) is 8.65. The smallest absolute Gasteiger partial charge is 0.338 e. The Kier molecular flexibility index (Phi) is 6.22. The summed E-state index contributed by atoms with van der Waals surface area (Å²) in [5, 5.41) is 0. The molecule has 2 N–H and O–H groups in total. The van der Waals surface area contributed by atoms with Crippen LogP contribution in [-0.4, -0.2) is 43.1 Å². The van der Waals surface area contributed by atoms with E-state index < -0.39 is 0 Å². The lowest BCUT2D eigenvalue weighted by atomic mass is 10.1. The number of morpholine rings is 1. The molecule has 1 fully saturated rings. The van der Waals surface area contributed by atoms with E-state index in [2.05, 4.69) is 4.99 Å². The number of ether oxygens (including phenoxy) is 2. The minimum atomic E-state index is -0.346. The molecule has 3 rings (SSSR count). The molecule has 1 aliphatic rings. The summed E-state index contributed by atoms with van der Waals surface area (Å²) in [6.45, 7) is 3.51. The number of benzene rings is 2. The molecular weight excluding hydrogens is 330 g/mol. The molecule has 0 amide bonds. The molecule has 136 valence electrons. The van der Waals surface area contributed by atoms with E-state index in [-0.39, 0.29) is 12.6 Å². The minimum Gasteiger partial charge on any atom is -0.457 e. The van der Waals surface area contributed by atoms with Crippen LogP contribution in [0.25, 0.3) is 0 Å². The van der Waals surface area contributed by atoms with Gasteiger partial charge in [-0.25, -0.2) is 9.79 Å². The van der Waals surface area contributed by atoms with E-state index in [1.165, 1.54) is 0 Å². The van der Waals surface area contributed by atoms with E-state index >= 15 is 0 Å². The van der Waals surface area contributed by atoms with Crippen LogP contribution in [0.1, 0.15) is 21.5 Å². The van der Waals surface area contributed by atoms with Crippen LogP contribution in [0.2, 0.25) is 0 Å². The van der Waals surface area contributed by atoms with E-state index in [1.54, 1.807) is 12.1 Å². The zero-order valence-electron chi connectivity index (χ0n) is 14.6. The molecule has 2 aromatic rings. The predicted molar refractivity (Wildman–Crippen MR) is 99.7 cm³/mol. The molecule has 6 heteroatoms. The molecule has 1 heterocycles. The molecule has 0 spiro atoms. The van der Waals surface area contributed by atoms with Crippen molar-refractivity contribution in [2.75, 3.05) is 26.3 Å². The summed E-state index contributed by atoms with van der Waals surface area (Å²) in [7, 11) is 0. The van der Waals surface area contributed by atoms with Crippen LogP contribution < -0.4 is 5.73 Å². The Morgan fingerprint density at radius 2 is 1.81 bits per heavy atom. The van der Waals surface area contributed by atoms with E-state index in [9.17, 15) is 4.79 Å². The first kappa shape index (κ1) is 17.9. The van der Waals surface area contributed by atoms with Gasteiger partial charge in [-0.1, -0.05) is 42.5 Å². The second kappa shape index (κ2) is 9.01. The fraction of sp³-hybridized carbons (Fsp3) is 0.300. The second-order valence-electron chi connectivity index (χ2n) is 6.04. The number of carbonyl (C=O) groups excluding carboxylic acids is 1. The Labute approximate surface area is 153 Å². The van der Waals surface area contributed by atoms with E-state index in [0.29, 0.717) is 31.3 Å². The minimum absolute atomic E-state index is 0.256. The summed E-state index contributed by atoms with van der Waals surface area (Å²) in [6, 6.07) is 16.9. The van der Waals surface area contributed by atoms with Gasteiger partial charge >= 0.3 is 5.97 Å². The van der Waals surface area contributed by atoms with E-state index in [0.717, 1.165) is 24.2 Å². The average Bonchev–Trinajstić information content (AvgIpc) is 2.72. The Morgan fingerprint density at radius 3 is 2.58 bits per heavy atom. The van der Waals surface area contributed by atoms with Crippen molar-refractivity contribution in [3.8, 4) is 0 Å². The number of hydrogen-bond donors (Lipinski definition) is 1. The molecule has 2 aromatic carbocycles. The molecule has 0 unspecified atom stereocenters. The summed E-state index contributed by atoms with van der Waals surface area (Å²) >= 11 is 0. The Hall–Kier alpha value is -2.86. The first-order valence-electron chi connectivity index (χ1n) is 8.65. The standard InChI is InChI=1S/C20H23N3O3/c21-20(23-9-11-25-12-10-23)22-14-17-7-4-8-18(13-17)19(24)26-15-16-5-2-1-3-6-16/h1-8,13H,9-12,14-15H2,(H2,21,22). The van der Waals surface area contributed by atoms with Crippen LogP contribution in [0.5, 0.6) is 0 Å². The number of aliphatic imine (C=N–C) groups is 1. The van der Waals surface area contributed by atoms with Gasteiger partial charge in [-0.2, -0.15) is 0 Å². The lowest BCUT2D eigenvalue weighted by Crippen LogP contribution is -2.44. The molecule has 0 aromatic heterocycles. The molecule has 0 saturated carbocycles. The molecule has 1 aliphatic heterocycles. The van der Waals surface area contributed by atoms with Gasteiger partial charge in [0.1, 0.15) is 6.61 Å². The number of guanidine groups is 1. The van der Waals surface area contributed by atoms with Gasteiger partial charge in [0.25, 0.3) is 0 Å². The third kappa shape index (κ3) is 5.07. The SMILES string of the molecule is NC(=NCc1cccc(C(=O)OCc2ccccc2)c1)N1CCOCC1. The van der Waals surface area contributed by atoms with Gasteiger partial charge < -0.3 is 20.1 Å². The van der Waals surface area contributed by atoms with Crippen LogP contribution in [0.15, 0.2) is 59.6 Å². The highest BCUT2D eigenvalue weighted by Crippen LogP contribution is 2.10. The van der Waals surface area contributed by atoms with Gasteiger partial charge in [0.05, 0.1) is 25.3 Å². The fourth-order valence-electron chi connectivity index (χ4n) is 2.67. The van der Waals surface area contributed by atoms with E-state index in [4.69, 9.17) is 15.2 Å². The van der Waals surface area contributed by atoms with E-state index in [1.807, 2.05) is 47.4 Å². The second-order valence-corrected chi connectivity index (χ2v) is 6.04. The zero-order chi connectivity index (χ0) is 18.2. The van der Waals surface area contributed by atoms with Crippen molar-refractivity contribution < 1.29 is 14.3 Å². The first-order chi connectivity index (χ1) is 12.7. The third-order valence-electron chi connectivity index (χ3n) is 4.13. The normalized spacial score (nSPS) is 14.9. The van der Waals surface area contributed by atoms with Crippen molar-refractivity contribution in [2.45, 2.75) is 13.2 Å². The lowest BCUT2D eigenvalue weighted by Gasteiger charge is -2.27. The highest BCUT2D eigenvalue weighted by atomic mass is 16.5. The van der Waals surface area contributed by atoms with Crippen LogP contribution in [0, 0.1) is 0 Å². The number of esters is 1. The largest absolute Gasteiger partial charge is 0.457 e. The monoisotopic (exact) mass is 353 g/mol. The Balaban J connectivity index is 1.57. The molecule has 26 heavy (non-hydrogen) atoms. The van der Waals surface area contributed by atoms with Gasteiger partial charge in [-0.15, -0.1) is 0 Å². The fourth-order valence-corrected chi connectivity index (χ4v) is 2.67. The molecular formula is C20H23N3O3. The van der Waals surface area contributed by atoms with Crippen molar-refractivity contribution in [3.05, 3.63) is 71.3 Å². The molecule has 6 nitrogen and oxygen atoms in total. The number of rotatable bonds is 5. The number of nitrogens with zero attached hydrogens (tertiary/aromatic N) is 2. The third-order valence-corrected chi connectivity index (χ3v) is 4.13. The van der Waals surface area contributed by atoms with Crippen molar-refractivity contribution in [3.63, 3.8) is 0 Å². The molecule has 0 radical (unpaired) electrons. The maximum atomic E-state index is 12.3. The zero-order valence-corrected chi connectivity index (χ0v) is 14.6. The van der Waals surface area contributed by atoms with Crippen LogP contribution in [-0.2, 0) is 22.6 Å². The number of carbonyl (C=O) groups is 1. The van der Waals surface area contributed by atoms with Crippen molar-refractivity contribution in [1.82, 2.24) is 4.90 Å². The van der Waals surface area contributed by atoms with Gasteiger partial charge in [-0.3, -0.25) is 0 Å². The van der Waals surface area contributed by atoms with Gasteiger partial charge in [0.15, 0.2) is 5.96 Å². The Bertz CT molecular complexity index is 756. The van der Waals surface area contributed by atoms with Crippen molar-refractivity contribution in [1.29, 1.82) is 0 Å². The maximum Gasteiger partial charge on any atom is 0.338 e. The summed E-state index contributed by atoms with van der Waals surface area (Å²) in [6.07, 6.45) is 0. The highest BCUT2D eigenvalue weighted by molar-refractivity contribution is 5.89. The van der Waals surface area contributed by atoms with Crippen LogP contribution >= 0.6 is 0 Å². The van der Waals surface area contributed by atoms with Crippen molar-refractivity contribution in [2.24, 2.45) is 10.7 Å². The molecule has 0 bridgehead atoms. The predicted octanol–water partition coefficient (Wildman–Crippen LogP) is 2.19. The quantitative estimate of drug-likeness (QED) is 0.506. The Morgan fingerprint density at radius 1 is 1.08 bits per heavy atom. The summed E-state index contributed by atoms with van der Waals surface area (Å²) in [4.78, 5) is 18.7. The maximum absolute atomic E-state index is 12.3. The molecule has 0 aliphatic carbocycles. The van der Waals surface area contributed by atoms with Gasteiger partial charge in [0, 0.05) is 13.1 Å². The molecule has 0 atom stereocenters. The summed E-state index contributed by atoms with van der Waals surface area (Å²) in [5.74, 6) is 0.159. The van der Waals surface area contributed by atoms with Crippen LogP contribution in [0.4, 0.5) is 0 Å². The topological polar surface area (TPSA) is 77.1 Å². The average molecular weight is 353 g/mol. The number of nitrogens with two attached hydrogens (primary N) is 1. The van der Waals surface area contributed by atoms with Crippen LogP contribution in [0.3, 0.4) is 0 Å². The summed E-state index contributed by atoms with van der Waals surface area (Å²) in [5.41, 5.74) is 8.42. The van der Waals surface area contributed by atoms with Crippen molar-refractivity contribution >= 4 is 11.9 Å².